The van der Waals surface area contributed by atoms with Crippen LogP contribution in [-0.2, 0) is 16.0 Å². The maximum absolute atomic E-state index is 12.5. The number of aliphatic carboxylic acids is 1. The van der Waals surface area contributed by atoms with Gasteiger partial charge in [-0.05, 0) is 42.9 Å². The molecule has 2 atom stereocenters. The first kappa shape index (κ1) is 15.5. The van der Waals surface area contributed by atoms with Crippen LogP contribution < -0.4 is 0 Å². The SMILES string of the molecule is Cc1cccc(C)c1CC(=O)N1CC(C)CC(C(=O)O)C1. The van der Waals surface area contributed by atoms with E-state index in [-0.39, 0.29) is 11.8 Å². The average Bonchev–Trinajstić information content (AvgIpc) is 2.42. The molecule has 4 heteroatoms. The molecule has 1 aromatic carbocycles. The Hall–Kier alpha value is -1.84. The van der Waals surface area contributed by atoms with Crippen molar-refractivity contribution in [2.24, 2.45) is 11.8 Å². The number of amides is 1. The molecule has 1 aliphatic heterocycles. The van der Waals surface area contributed by atoms with Gasteiger partial charge in [0.1, 0.15) is 0 Å². The summed E-state index contributed by atoms with van der Waals surface area (Å²) in [5, 5.41) is 9.20. The topological polar surface area (TPSA) is 57.6 Å². The molecule has 0 aliphatic carbocycles. The van der Waals surface area contributed by atoms with Crippen LogP contribution in [0.3, 0.4) is 0 Å². The molecule has 1 saturated heterocycles. The van der Waals surface area contributed by atoms with Gasteiger partial charge in [-0.1, -0.05) is 25.1 Å². The maximum atomic E-state index is 12.5. The van der Waals surface area contributed by atoms with E-state index in [4.69, 9.17) is 0 Å². The zero-order chi connectivity index (χ0) is 15.6. The van der Waals surface area contributed by atoms with E-state index >= 15 is 0 Å². The highest BCUT2D eigenvalue weighted by molar-refractivity contribution is 5.80. The molecule has 114 valence electrons. The molecule has 4 nitrogen and oxygen atoms in total. The van der Waals surface area contributed by atoms with E-state index in [0.29, 0.717) is 25.9 Å². The first-order chi connectivity index (χ1) is 9.88. The minimum atomic E-state index is -0.800. The third-order valence-electron chi connectivity index (χ3n) is 4.33. The molecule has 0 radical (unpaired) electrons. The van der Waals surface area contributed by atoms with Gasteiger partial charge in [-0.3, -0.25) is 9.59 Å². The molecule has 2 rings (SSSR count). The standard InChI is InChI=1S/C17H23NO3/c1-11-7-14(17(20)21)10-18(9-11)16(19)8-15-12(2)5-4-6-13(15)3/h4-6,11,14H,7-10H2,1-3H3,(H,20,21). The highest BCUT2D eigenvalue weighted by atomic mass is 16.4. The van der Waals surface area contributed by atoms with Crippen LogP contribution in [0.1, 0.15) is 30.0 Å². The van der Waals surface area contributed by atoms with Gasteiger partial charge >= 0.3 is 5.97 Å². The Labute approximate surface area is 125 Å². The van der Waals surface area contributed by atoms with Crippen molar-refractivity contribution in [3.63, 3.8) is 0 Å². The Kier molecular flexibility index (Phi) is 4.66. The summed E-state index contributed by atoms with van der Waals surface area (Å²) in [5.41, 5.74) is 3.29. The smallest absolute Gasteiger partial charge is 0.308 e. The first-order valence-corrected chi connectivity index (χ1v) is 7.44. The number of carbonyl (C=O) groups is 2. The van der Waals surface area contributed by atoms with Crippen LogP contribution in [0.25, 0.3) is 0 Å². The number of piperidine rings is 1. The van der Waals surface area contributed by atoms with Gasteiger partial charge in [0, 0.05) is 13.1 Å². The van der Waals surface area contributed by atoms with Gasteiger partial charge in [-0.25, -0.2) is 0 Å². The Bertz CT molecular complexity index is 533. The summed E-state index contributed by atoms with van der Waals surface area (Å²) >= 11 is 0. The number of hydrogen-bond acceptors (Lipinski definition) is 2. The van der Waals surface area contributed by atoms with Crippen molar-refractivity contribution in [1.82, 2.24) is 4.90 Å². The fourth-order valence-corrected chi connectivity index (χ4v) is 3.12. The number of carboxylic acid groups (broad SMARTS) is 1. The summed E-state index contributed by atoms with van der Waals surface area (Å²) in [5.74, 6) is -0.964. The van der Waals surface area contributed by atoms with E-state index in [2.05, 4.69) is 0 Å². The number of likely N-dealkylation sites (tertiary alicyclic amines) is 1. The van der Waals surface area contributed by atoms with E-state index in [1.165, 1.54) is 0 Å². The average molecular weight is 289 g/mol. The predicted molar refractivity (Wildman–Crippen MR) is 81.1 cm³/mol. The van der Waals surface area contributed by atoms with Crippen LogP contribution in [0.4, 0.5) is 0 Å². The van der Waals surface area contributed by atoms with Gasteiger partial charge < -0.3 is 10.0 Å². The van der Waals surface area contributed by atoms with E-state index in [9.17, 15) is 14.7 Å². The van der Waals surface area contributed by atoms with Crippen molar-refractivity contribution >= 4 is 11.9 Å². The summed E-state index contributed by atoms with van der Waals surface area (Å²) in [6.07, 6.45) is 1.01. The third kappa shape index (κ3) is 3.63. The normalized spacial score (nSPS) is 22.1. The summed E-state index contributed by atoms with van der Waals surface area (Å²) in [6.45, 7) is 7.02. The van der Waals surface area contributed by atoms with Crippen molar-refractivity contribution in [1.29, 1.82) is 0 Å². The van der Waals surface area contributed by atoms with Crippen molar-refractivity contribution in [3.05, 3.63) is 34.9 Å². The van der Waals surface area contributed by atoms with Gasteiger partial charge in [-0.15, -0.1) is 0 Å². The van der Waals surface area contributed by atoms with Gasteiger partial charge in [0.2, 0.25) is 5.91 Å². The van der Waals surface area contributed by atoms with E-state index in [1.54, 1.807) is 4.90 Å². The van der Waals surface area contributed by atoms with Crippen molar-refractivity contribution in [3.8, 4) is 0 Å². The predicted octanol–water partition coefficient (Wildman–Crippen LogP) is 2.42. The van der Waals surface area contributed by atoms with Crippen molar-refractivity contribution in [2.75, 3.05) is 13.1 Å². The Morgan fingerprint density at radius 2 is 1.86 bits per heavy atom. The summed E-state index contributed by atoms with van der Waals surface area (Å²) in [7, 11) is 0. The number of carboxylic acids is 1. The number of aryl methyl sites for hydroxylation is 2. The van der Waals surface area contributed by atoms with Gasteiger partial charge in [0.15, 0.2) is 0 Å². The largest absolute Gasteiger partial charge is 0.481 e. The molecule has 1 N–H and O–H groups in total. The van der Waals surface area contributed by atoms with Gasteiger partial charge in [0.25, 0.3) is 0 Å². The lowest BCUT2D eigenvalue weighted by molar-refractivity contribution is -0.146. The first-order valence-electron chi connectivity index (χ1n) is 7.44. The van der Waals surface area contributed by atoms with Crippen molar-refractivity contribution < 1.29 is 14.7 Å². The molecule has 1 aliphatic rings. The maximum Gasteiger partial charge on any atom is 0.308 e. The molecule has 0 saturated carbocycles. The third-order valence-corrected chi connectivity index (χ3v) is 4.33. The van der Waals surface area contributed by atoms with Crippen LogP contribution in [-0.4, -0.2) is 35.0 Å². The monoisotopic (exact) mass is 289 g/mol. The zero-order valence-corrected chi connectivity index (χ0v) is 12.9. The molecule has 1 amide bonds. The van der Waals surface area contributed by atoms with Gasteiger partial charge in [-0.2, -0.15) is 0 Å². The Morgan fingerprint density at radius 1 is 1.24 bits per heavy atom. The van der Waals surface area contributed by atoms with E-state index in [0.717, 1.165) is 16.7 Å². The number of carbonyl (C=O) groups excluding carboxylic acids is 1. The Morgan fingerprint density at radius 3 is 2.43 bits per heavy atom. The lowest BCUT2D eigenvalue weighted by Crippen LogP contribution is -2.46. The van der Waals surface area contributed by atoms with Crippen LogP contribution in [0.2, 0.25) is 0 Å². The molecule has 1 heterocycles. The lowest BCUT2D eigenvalue weighted by Gasteiger charge is -2.35. The summed E-state index contributed by atoms with van der Waals surface area (Å²) < 4.78 is 0. The van der Waals surface area contributed by atoms with Crippen LogP contribution in [0, 0.1) is 25.7 Å². The number of benzene rings is 1. The van der Waals surface area contributed by atoms with Crippen LogP contribution in [0.15, 0.2) is 18.2 Å². The quantitative estimate of drug-likeness (QED) is 0.929. The molecule has 0 aromatic heterocycles. The summed E-state index contributed by atoms with van der Waals surface area (Å²) in [4.78, 5) is 25.4. The van der Waals surface area contributed by atoms with E-state index < -0.39 is 11.9 Å². The highest BCUT2D eigenvalue weighted by Gasteiger charge is 2.31. The fraction of sp³-hybridized carbons (Fsp3) is 0.529. The van der Waals surface area contributed by atoms with Crippen LogP contribution >= 0.6 is 0 Å². The minimum Gasteiger partial charge on any atom is -0.481 e. The molecule has 0 bridgehead atoms. The number of rotatable bonds is 3. The second kappa shape index (κ2) is 6.29. The fourth-order valence-electron chi connectivity index (χ4n) is 3.12. The second-order valence-corrected chi connectivity index (χ2v) is 6.22. The Balaban J connectivity index is 2.11. The molecule has 0 spiro atoms. The molecular formula is C17H23NO3. The molecule has 1 aromatic rings. The van der Waals surface area contributed by atoms with Crippen LogP contribution in [0.5, 0.6) is 0 Å². The van der Waals surface area contributed by atoms with Gasteiger partial charge in [0.05, 0.1) is 12.3 Å². The second-order valence-electron chi connectivity index (χ2n) is 6.22. The van der Waals surface area contributed by atoms with Crippen molar-refractivity contribution in [2.45, 2.75) is 33.6 Å². The molecule has 21 heavy (non-hydrogen) atoms. The molecule has 1 fully saturated rings. The van der Waals surface area contributed by atoms with E-state index in [1.807, 2.05) is 39.0 Å². The minimum absolute atomic E-state index is 0.0326. The zero-order valence-electron chi connectivity index (χ0n) is 12.9. The highest BCUT2D eigenvalue weighted by Crippen LogP contribution is 2.23. The summed E-state index contributed by atoms with van der Waals surface area (Å²) in [6, 6.07) is 6.01. The lowest BCUT2D eigenvalue weighted by atomic mass is 9.90. The number of nitrogens with zero attached hydrogens (tertiary/aromatic N) is 1. The molecular weight excluding hydrogens is 266 g/mol. The molecule has 2 unspecified atom stereocenters. The number of hydrogen-bond donors (Lipinski definition) is 1.